The van der Waals surface area contributed by atoms with Crippen LogP contribution in [0.15, 0.2) is 30.3 Å². The third-order valence-electron chi connectivity index (χ3n) is 3.27. The topological polar surface area (TPSA) is 43.1 Å². The van der Waals surface area contributed by atoms with Gasteiger partial charge in [0.25, 0.3) is 0 Å². The lowest BCUT2D eigenvalue weighted by Gasteiger charge is -2.19. The first kappa shape index (κ1) is 14.4. The van der Waals surface area contributed by atoms with E-state index in [4.69, 9.17) is 0 Å². The molecule has 0 saturated carbocycles. The van der Waals surface area contributed by atoms with Crippen molar-refractivity contribution in [3.63, 3.8) is 0 Å². The summed E-state index contributed by atoms with van der Waals surface area (Å²) in [7, 11) is 0. The van der Waals surface area contributed by atoms with E-state index in [0.717, 1.165) is 9.26 Å². The molecule has 0 spiro atoms. The van der Waals surface area contributed by atoms with Crippen LogP contribution >= 0.6 is 22.6 Å². The average Bonchev–Trinajstić information content (AvgIpc) is 2.80. The molecule has 0 radical (unpaired) electrons. The first-order chi connectivity index (χ1) is 9.88. The Morgan fingerprint density at radius 1 is 1.14 bits per heavy atom. The molecule has 108 valence electrons. The molecule has 0 unspecified atom stereocenters. The maximum absolute atomic E-state index is 13.9. The van der Waals surface area contributed by atoms with Gasteiger partial charge in [0.1, 0.15) is 9.52 Å². The lowest BCUT2D eigenvalue weighted by atomic mass is 9.89. The van der Waals surface area contributed by atoms with Crippen LogP contribution in [0.4, 0.5) is 4.39 Å². The van der Waals surface area contributed by atoms with Crippen molar-refractivity contribution in [3.8, 4) is 11.4 Å². The van der Waals surface area contributed by atoms with Gasteiger partial charge in [0.2, 0.25) is 0 Å². The van der Waals surface area contributed by atoms with Crippen molar-refractivity contribution in [2.75, 3.05) is 0 Å². The zero-order chi connectivity index (χ0) is 15.2. The predicted molar refractivity (Wildman–Crippen MR) is 87.6 cm³/mol. The molecule has 0 aliphatic carbocycles. The Kier molecular flexibility index (Phi) is 3.43. The first-order valence-electron chi connectivity index (χ1n) is 6.55. The van der Waals surface area contributed by atoms with Gasteiger partial charge < -0.3 is 0 Å². The van der Waals surface area contributed by atoms with Crippen molar-refractivity contribution in [3.05, 3.63) is 45.4 Å². The van der Waals surface area contributed by atoms with E-state index in [0.29, 0.717) is 17.0 Å². The van der Waals surface area contributed by atoms with Crippen molar-refractivity contribution in [2.45, 2.75) is 26.2 Å². The van der Waals surface area contributed by atoms with Crippen molar-refractivity contribution in [2.24, 2.45) is 0 Å². The normalized spacial score (nSPS) is 12.0. The summed E-state index contributed by atoms with van der Waals surface area (Å²) in [5, 5.41) is 12.8. The number of halogens is 2. The smallest absolute Gasteiger partial charge is 0.188 e. The highest BCUT2D eigenvalue weighted by Crippen LogP contribution is 2.28. The van der Waals surface area contributed by atoms with Gasteiger partial charge in [-0.15, -0.1) is 10.2 Å². The van der Waals surface area contributed by atoms with Crippen molar-refractivity contribution >= 4 is 28.2 Å². The molecule has 0 N–H and O–H groups in total. The van der Waals surface area contributed by atoms with E-state index >= 15 is 0 Å². The van der Waals surface area contributed by atoms with Gasteiger partial charge in [-0.25, -0.2) is 4.39 Å². The second kappa shape index (κ2) is 5.01. The highest BCUT2D eigenvalue weighted by molar-refractivity contribution is 14.1. The lowest BCUT2D eigenvalue weighted by molar-refractivity contribution is 0.579. The molecule has 21 heavy (non-hydrogen) atoms. The average molecular weight is 396 g/mol. The first-order valence-corrected chi connectivity index (χ1v) is 7.63. The van der Waals surface area contributed by atoms with Crippen LogP contribution in [0.1, 0.15) is 26.3 Å². The summed E-state index contributed by atoms with van der Waals surface area (Å²) in [5.74, 6) is 0.0879. The van der Waals surface area contributed by atoms with Crippen molar-refractivity contribution in [1.29, 1.82) is 0 Å². The zero-order valence-electron chi connectivity index (χ0n) is 11.9. The number of hydrogen-bond donors (Lipinski definition) is 0. The van der Waals surface area contributed by atoms with Crippen LogP contribution in [0.2, 0.25) is 0 Å². The molecular formula is C15H14FIN4. The Morgan fingerprint density at radius 2 is 1.86 bits per heavy atom. The van der Waals surface area contributed by atoms with Gasteiger partial charge in [0.15, 0.2) is 11.5 Å². The van der Waals surface area contributed by atoms with Crippen LogP contribution in [0.5, 0.6) is 0 Å². The second-order valence-electron chi connectivity index (χ2n) is 5.87. The summed E-state index contributed by atoms with van der Waals surface area (Å²) in [6, 6.07) is 8.47. The Labute approximate surface area is 135 Å². The van der Waals surface area contributed by atoms with Crippen LogP contribution in [-0.2, 0) is 5.41 Å². The molecule has 2 aromatic heterocycles. The maximum atomic E-state index is 13.9. The third-order valence-corrected chi connectivity index (χ3v) is 4.07. The summed E-state index contributed by atoms with van der Waals surface area (Å²) in [6.07, 6.45) is 0. The van der Waals surface area contributed by atoms with E-state index in [1.807, 2.05) is 6.07 Å². The van der Waals surface area contributed by atoms with Crippen molar-refractivity contribution in [1.82, 2.24) is 19.8 Å². The van der Waals surface area contributed by atoms with E-state index in [2.05, 4.69) is 58.7 Å². The minimum atomic E-state index is -0.330. The SMILES string of the molecule is CC(C)(C)c1cc2nnc(-c3ccccc3F)n2nc1I. The van der Waals surface area contributed by atoms with Gasteiger partial charge in [-0.1, -0.05) is 32.9 Å². The van der Waals surface area contributed by atoms with Gasteiger partial charge in [-0.2, -0.15) is 9.61 Å². The molecule has 6 heteroatoms. The standard InChI is InChI=1S/C15H14FIN4/c1-15(2,3)10-8-12-18-19-14(21(12)20-13(10)17)9-6-4-5-7-11(9)16/h4-8H,1-3H3. The molecule has 2 heterocycles. The summed E-state index contributed by atoms with van der Waals surface area (Å²) in [5.41, 5.74) is 2.09. The Bertz CT molecular complexity index is 820. The summed E-state index contributed by atoms with van der Waals surface area (Å²) < 4.78 is 16.4. The fraction of sp³-hybridized carbons (Fsp3) is 0.267. The number of fused-ring (bicyclic) bond motifs is 1. The van der Waals surface area contributed by atoms with Crippen LogP contribution < -0.4 is 0 Å². The number of nitrogens with zero attached hydrogens (tertiary/aromatic N) is 4. The highest BCUT2D eigenvalue weighted by Gasteiger charge is 2.21. The molecule has 4 nitrogen and oxygen atoms in total. The molecule has 0 bridgehead atoms. The Balaban J connectivity index is 2.25. The molecule has 1 aromatic carbocycles. The van der Waals surface area contributed by atoms with Gasteiger partial charge in [0.05, 0.1) is 5.56 Å². The summed E-state index contributed by atoms with van der Waals surface area (Å²) in [6.45, 7) is 6.37. The monoisotopic (exact) mass is 396 g/mol. The number of hydrogen-bond acceptors (Lipinski definition) is 3. The van der Waals surface area contributed by atoms with Gasteiger partial charge in [-0.05, 0) is 51.8 Å². The maximum Gasteiger partial charge on any atom is 0.188 e. The van der Waals surface area contributed by atoms with Crippen LogP contribution in [-0.4, -0.2) is 19.8 Å². The molecule has 0 saturated heterocycles. The van der Waals surface area contributed by atoms with E-state index in [1.165, 1.54) is 6.07 Å². The van der Waals surface area contributed by atoms with Gasteiger partial charge >= 0.3 is 0 Å². The van der Waals surface area contributed by atoms with Crippen LogP contribution in [0, 0.1) is 9.52 Å². The number of aromatic nitrogens is 4. The number of rotatable bonds is 1. The molecule has 3 aromatic rings. The second-order valence-corrected chi connectivity index (χ2v) is 6.89. The molecule has 0 aliphatic rings. The van der Waals surface area contributed by atoms with Crippen molar-refractivity contribution < 1.29 is 4.39 Å². The number of benzene rings is 1. The Hall–Kier alpha value is -1.57. The third kappa shape index (κ3) is 2.52. The predicted octanol–water partition coefficient (Wildman–Crippen LogP) is 3.83. The molecule has 0 atom stereocenters. The van der Waals surface area contributed by atoms with Crippen LogP contribution in [0.3, 0.4) is 0 Å². The minimum Gasteiger partial charge on any atom is -0.206 e. The fourth-order valence-corrected chi connectivity index (χ4v) is 3.33. The minimum absolute atomic E-state index is 0.0324. The summed E-state index contributed by atoms with van der Waals surface area (Å²) in [4.78, 5) is 0. The van der Waals surface area contributed by atoms with E-state index in [9.17, 15) is 4.39 Å². The fourth-order valence-electron chi connectivity index (χ4n) is 2.15. The molecule has 0 fully saturated rings. The quantitative estimate of drug-likeness (QED) is 0.588. The summed E-state index contributed by atoms with van der Waals surface area (Å²) >= 11 is 2.19. The van der Waals surface area contributed by atoms with E-state index < -0.39 is 0 Å². The van der Waals surface area contributed by atoms with Crippen LogP contribution in [0.25, 0.3) is 17.0 Å². The largest absolute Gasteiger partial charge is 0.206 e. The highest BCUT2D eigenvalue weighted by atomic mass is 127. The zero-order valence-corrected chi connectivity index (χ0v) is 14.1. The molecule has 3 rings (SSSR count). The van der Waals surface area contributed by atoms with Gasteiger partial charge in [-0.3, -0.25) is 0 Å². The molecule has 0 aliphatic heterocycles. The van der Waals surface area contributed by atoms with E-state index in [1.54, 1.807) is 22.7 Å². The lowest BCUT2D eigenvalue weighted by Crippen LogP contribution is -2.15. The van der Waals surface area contributed by atoms with E-state index in [-0.39, 0.29) is 11.2 Å². The Morgan fingerprint density at radius 3 is 2.52 bits per heavy atom. The molecular weight excluding hydrogens is 382 g/mol. The molecule has 0 amide bonds. The van der Waals surface area contributed by atoms with Gasteiger partial charge in [0, 0.05) is 0 Å².